The van der Waals surface area contributed by atoms with Crippen LogP contribution < -0.4 is 5.32 Å². The van der Waals surface area contributed by atoms with Crippen LogP contribution in [0.25, 0.3) is 0 Å². The molecule has 1 atom stereocenters. The molecule has 5 rings (SSSR count). The van der Waals surface area contributed by atoms with E-state index in [2.05, 4.69) is 10.3 Å². The minimum absolute atomic E-state index is 0.127. The summed E-state index contributed by atoms with van der Waals surface area (Å²) < 4.78 is 34.1. The standard InChI is InChI=1S/C25H24F2N4O3/c26-18-3-1-16(2-4-18)22-13-31-15-28-23(21(31)14-34-22)25(33)30-11-9-17(10-12-30)24(32)29-20-7-5-19(27)6-8-20/h1-8,15,17,22H,9-14H2,(H,29,32). The number of fused-ring (bicyclic) bond motifs is 1. The predicted molar refractivity (Wildman–Crippen MR) is 120 cm³/mol. The van der Waals surface area contributed by atoms with Gasteiger partial charge in [0, 0.05) is 24.7 Å². The number of carbonyl (C=O) groups is 2. The number of aromatic nitrogens is 2. The molecule has 2 amide bonds. The molecule has 7 nitrogen and oxygen atoms in total. The molecule has 1 aromatic heterocycles. The van der Waals surface area contributed by atoms with Crippen LogP contribution >= 0.6 is 0 Å². The molecule has 176 valence electrons. The number of hydrogen-bond donors (Lipinski definition) is 1. The normalized spacial score (nSPS) is 18.4. The molecule has 34 heavy (non-hydrogen) atoms. The van der Waals surface area contributed by atoms with Gasteiger partial charge in [-0.1, -0.05) is 12.1 Å². The van der Waals surface area contributed by atoms with Crippen molar-refractivity contribution in [3.8, 4) is 0 Å². The van der Waals surface area contributed by atoms with Gasteiger partial charge in [0.15, 0.2) is 5.69 Å². The van der Waals surface area contributed by atoms with Gasteiger partial charge in [0.2, 0.25) is 5.91 Å². The molecule has 2 aliphatic rings. The van der Waals surface area contributed by atoms with E-state index in [1.165, 1.54) is 36.4 Å². The molecule has 1 fully saturated rings. The van der Waals surface area contributed by atoms with Crippen LogP contribution in [0.4, 0.5) is 14.5 Å². The second-order valence-corrected chi connectivity index (χ2v) is 8.61. The summed E-state index contributed by atoms with van der Waals surface area (Å²) in [5.74, 6) is -1.17. The number of likely N-dealkylation sites (tertiary alicyclic amines) is 1. The Labute approximate surface area is 195 Å². The lowest BCUT2D eigenvalue weighted by molar-refractivity contribution is -0.121. The Balaban J connectivity index is 1.18. The van der Waals surface area contributed by atoms with Crippen molar-refractivity contribution in [2.24, 2.45) is 5.92 Å². The Kier molecular flexibility index (Phi) is 6.10. The maximum atomic E-state index is 13.2. The topological polar surface area (TPSA) is 76.5 Å². The molecule has 9 heteroatoms. The molecule has 1 unspecified atom stereocenters. The fraction of sp³-hybridized carbons (Fsp3) is 0.320. The number of piperidine rings is 1. The van der Waals surface area contributed by atoms with Gasteiger partial charge in [-0.3, -0.25) is 9.59 Å². The van der Waals surface area contributed by atoms with E-state index >= 15 is 0 Å². The highest BCUT2D eigenvalue weighted by Gasteiger charge is 2.32. The van der Waals surface area contributed by atoms with Crippen molar-refractivity contribution in [1.29, 1.82) is 0 Å². The van der Waals surface area contributed by atoms with Crippen LogP contribution in [-0.2, 0) is 22.7 Å². The average Bonchev–Trinajstić information content (AvgIpc) is 3.29. The van der Waals surface area contributed by atoms with Gasteiger partial charge in [0.1, 0.15) is 17.7 Å². The summed E-state index contributed by atoms with van der Waals surface area (Å²) in [6.07, 6.45) is 2.49. The van der Waals surface area contributed by atoms with E-state index in [1.54, 1.807) is 23.4 Å². The molecular weight excluding hydrogens is 442 g/mol. The molecule has 0 saturated carbocycles. The number of imidazole rings is 1. The lowest BCUT2D eigenvalue weighted by Gasteiger charge is -2.31. The summed E-state index contributed by atoms with van der Waals surface area (Å²) >= 11 is 0. The number of anilines is 1. The monoisotopic (exact) mass is 466 g/mol. The maximum Gasteiger partial charge on any atom is 0.274 e. The molecule has 3 aromatic rings. The minimum Gasteiger partial charge on any atom is -0.365 e. The molecule has 1 N–H and O–H groups in total. The lowest BCUT2D eigenvalue weighted by atomic mass is 9.95. The van der Waals surface area contributed by atoms with Crippen molar-refractivity contribution in [1.82, 2.24) is 14.5 Å². The highest BCUT2D eigenvalue weighted by molar-refractivity contribution is 5.95. The van der Waals surface area contributed by atoms with Gasteiger partial charge in [0.05, 0.1) is 25.2 Å². The fourth-order valence-corrected chi connectivity index (χ4v) is 4.46. The number of ether oxygens (including phenoxy) is 1. The molecule has 0 spiro atoms. The van der Waals surface area contributed by atoms with E-state index in [0.717, 1.165) is 11.3 Å². The molecule has 3 heterocycles. The van der Waals surface area contributed by atoms with Gasteiger partial charge in [-0.05, 0) is 54.8 Å². The molecular formula is C25H24F2N4O3. The zero-order valence-corrected chi connectivity index (χ0v) is 18.4. The van der Waals surface area contributed by atoms with E-state index in [4.69, 9.17) is 4.74 Å². The summed E-state index contributed by atoms with van der Waals surface area (Å²) in [5, 5.41) is 2.81. The fourth-order valence-electron chi connectivity index (χ4n) is 4.46. The molecule has 0 bridgehead atoms. The second kappa shape index (κ2) is 9.34. The van der Waals surface area contributed by atoms with Gasteiger partial charge < -0.3 is 19.5 Å². The number of benzene rings is 2. The summed E-state index contributed by atoms with van der Waals surface area (Å²) in [4.78, 5) is 31.8. The van der Waals surface area contributed by atoms with Gasteiger partial charge >= 0.3 is 0 Å². The van der Waals surface area contributed by atoms with Crippen LogP contribution in [0.15, 0.2) is 54.9 Å². The summed E-state index contributed by atoms with van der Waals surface area (Å²) in [6, 6.07) is 11.9. The van der Waals surface area contributed by atoms with E-state index < -0.39 is 0 Å². The van der Waals surface area contributed by atoms with Gasteiger partial charge in [-0.2, -0.15) is 0 Å². The third-order valence-electron chi connectivity index (χ3n) is 6.44. The number of amides is 2. The molecule has 2 aromatic carbocycles. The number of hydrogen-bond acceptors (Lipinski definition) is 4. The molecule has 2 aliphatic heterocycles. The third kappa shape index (κ3) is 4.56. The maximum absolute atomic E-state index is 13.2. The van der Waals surface area contributed by atoms with Gasteiger partial charge in [0.25, 0.3) is 5.91 Å². The van der Waals surface area contributed by atoms with Crippen LogP contribution in [0.3, 0.4) is 0 Å². The predicted octanol–water partition coefficient (Wildman–Crippen LogP) is 3.92. The van der Waals surface area contributed by atoms with Crippen molar-refractivity contribution >= 4 is 17.5 Å². The highest BCUT2D eigenvalue weighted by atomic mass is 19.1. The Morgan fingerprint density at radius 2 is 1.62 bits per heavy atom. The van der Waals surface area contributed by atoms with Crippen molar-refractivity contribution in [2.45, 2.75) is 32.1 Å². The smallest absolute Gasteiger partial charge is 0.274 e. The van der Waals surface area contributed by atoms with Crippen LogP contribution in [0.1, 0.15) is 40.7 Å². The number of rotatable bonds is 4. The molecule has 0 radical (unpaired) electrons. The van der Waals surface area contributed by atoms with Crippen molar-refractivity contribution in [3.05, 3.63) is 83.4 Å². The first-order valence-corrected chi connectivity index (χ1v) is 11.2. The first-order chi connectivity index (χ1) is 16.5. The SMILES string of the molecule is O=C(Nc1ccc(F)cc1)C1CCN(C(=O)c2ncn3c2COC(c2ccc(F)cc2)C3)CC1. The number of halogens is 2. The number of nitrogens with one attached hydrogen (secondary N) is 1. The summed E-state index contributed by atoms with van der Waals surface area (Å²) in [5.41, 5.74) is 2.51. The van der Waals surface area contributed by atoms with Gasteiger partial charge in [-0.25, -0.2) is 13.8 Å². The Morgan fingerprint density at radius 1 is 0.971 bits per heavy atom. The average molecular weight is 466 g/mol. The van der Waals surface area contributed by atoms with E-state index in [1.807, 2.05) is 4.57 Å². The largest absolute Gasteiger partial charge is 0.365 e. The van der Waals surface area contributed by atoms with E-state index in [9.17, 15) is 18.4 Å². The van der Waals surface area contributed by atoms with Crippen LogP contribution in [-0.4, -0.2) is 39.4 Å². The minimum atomic E-state index is -0.359. The third-order valence-corrected chi connectivity index (χ3v) is 6.44. The number of carbonyl (C=O) groups excluding carboxylic acids is 2. The van der Waals surface area contributed by atoms with Crippen molar-refractivity contribution in [2.75, 3.05) is 18.4 Å². The van der Waals surface area contributed by atoms with Gasteiger partial charge in [-0.15, -0.1) is 0 Å². The van der Waals surface area contributed by atoms with Crippen LogP contribution in [0.5, 0.6) is 0 Å². The Bertz CT molecular complexity index is 1190. The quantitative estimate of drug-likeness (QED) is 0.632. The Morgan fingerprint density at radius 3 is 2.29 bits per heavy atom. The lowest BCUT2D eigenvalue weighted by Crippen LogP contribution is -2.42. The zero-order chi connectivity index (χ0) is 23.7. The first kappa shape index (κ1) is 22.2. The molecule has 0 aliphatic carbocycles. The molecule has 1 saturated heterocycles. The Hall–Kier alpha value is -3.59. The zero-order valence-electron chi connectivity index (χ0n) is 18.4. The van der Waals surface area contributed by atoms with E-state index in [0.29, 0.717) is 43.9 Å². The van der Waals surface area contributed by atoms with Crippen LogP contribution in [0.2, 0.25) is 0 Å². The van der Waals surface area contributed by atoms with Crippen molar-refractivity contribution in [3.63, 3.8) is 0 Å². The summed E-state index contributed by atoms with van der Waals surface area (Å²) in [7, 11) is 0. The first-order valence-electron chi connectivity index (χ1n) is 11.2. The second-order valence-electron chi connectivity index (χ2n) is 8.61. The summed E-state index contributed by atoms with van der Waals surface area (Å²) in [6.45, 7) is 1.63. The van der Waals surface area contributed by atoms with Crippen LogP contribution in [0, 0.1) is 17.6 Å². The number of nitrogens with zero attached hydrogens (tertiary/aromatic N) is 3. The van der Waals surface area contributed by atoms with E-state index in [-0.39, 0.29) is 42.1 Å². The van der Waals surface area contributed by atoms with Crippen molar-refractivity contribution < 1.29 is 23.1 Å². The highest BCUT2D eigenvalue weighted by Crippen LogP contribution is 2.29.